The van der Waals surface area contributed by atoms with Gasteiger partial charge in [-0.2, -0.15) is 26.3 Å². The molecule has 2 N–H and O–H groups in total. The Bertz CT molecular complexity index is 861. The average Bonchev–Trinajstić information content (AvgIpc) is 2.53. The molecule has 0 aliphatic carbocycles. The summed E-state index contributed by atoms with van der Waals surface area (Å²) in [6.45, 7) is 0. The molecule has 26 heavy (non-hydrogen) atoms. The Morgan fingerprint density at radius 1 is 0.962 bits per heavy atom. The number of carbonyl (C=O) groups is 1. The van der Waals surface area contributed by atoms with E-state index in [2.05, 4.69) is 5.92 Å². The highest BCUT2D eigenvalue weighted by Gasteiger charge is 2.37. The van der Waals surface area contributed by atoms with Crippen molar-refractivity contribution >= 4 is 11.6 Å². The molecule has 2 aromatic carbocycles. The van der Waals surface area contributed by atoms with Gasteiger partial charge >= 0.3 is 12.4 Å². The minimum atomic E-state index is -5.05. The number of terminal acetylenes is 1. The topological polar surface area (TPSA) is 49.3 Å². The third-order valence-corrected chi connectivity index (χ3v) is 3.25. The summed E-state index contributed by atoms with van der Waals surface area (Å²) in [4.78, 5) is 12.1. The van der Waals surface area contributed by atoms with Crippen LogP contribution in [0.25, 0.3) is 0 Å². The van der Waals surface area contributed by atoms with Gasteiger partial charge in [0.05, 0.1) is 16.7 Å². The number of hydrogen-bond donors (Lipinski definition) is 2. The lowest BCUT2D eigenvalue weighted by Crippen LogP contribution is -2.16. The zero-order chi connectivity index (χ0) is 19.7. The van der Waals surface area contributed by atoms with Crippen molar-refractivity contribution in [2.24, 2.45) is 0 Å². The summed E-state index contributed by atoms with van der Waals surface area (Å²) < 4.78 is 76.9. The Hall–Kier alpha value is -3.15. The maximum Gasteiger partial charge on any atom is 0.416 e. The second kappa shape index (κ2) is 6.63. The summed E-state index contributed by atoms with van der Waals surface area (Å²) in [5.74, 6) is 0.527. The summed E-state index contributed by atoms with van der Waals surface area (Å²) in [6.07, 6.45) is -4.96. The fourth-order valence-corrected chi connectivity index (χ4v) is 2.03. The average molecular weight is 373 g/mol. The second-order valence-electron chi connectivity index (χ2n) is 5.12. The van der Waals surface area contributed by atoms with Crippen LogP contribution in [0.2, 0.25) is 0 Å². The molecule has 0 saturated heterocycles. The lowest BCUT2D eigenvalue weighted by Gasteiger charge is -2.15. The summed E-state index contributed by atoms with van der Waals surface area (Å²) >= 11 is 0. The van der Waals surface area contributed by atoms with Crippen molar-refractivity contribution in [3.05, 3.63) is 58.7 Å². The van der Waals surface area contributed by atoms with E-state index in [1.165, 1.54) is 6.07 Å². The number of nitrogens with one attached hydrogen (secondary N) is 1. The molecular formula is C17H9F6NO2. The summed E-state index contributed by atoms with van der Waals surface area (Å²) in [5, 5.41) is 11.6. The predicted molar refractivity (Wildman–Crippen MR) is 80.4 cm³/mol. The molecular weight excluding hydrogens is 364 g/mol. The molecule has 0 aromatic heterocycles. The number of halogens is 6. The van der Waals surface area contributed by atoms with Crippen LogP contribution < -0.4 is 5.32 Å². The van der Waals surface area contributed by atoms with Crippen LogP contribution in [0.15, 0.2) is 36.4 Å². The zero-order valence-corrected chi connectivity index (χ0v) is 12.7. The molecule has 9 heteroatoms. The van der Waals surface area contributed by atoms with Crippen LogP contribution in [0, 0.1) is 12.3 Å². The fourth-order valence-electron chi connectivity index (χ4n) is 2.03. The van der Waals surface area contributed by atoms with Gasteiger partial charge in [-0.15, -0.1) is 6.42 Å². The molecule has 0 spiro atoms. The SMILES string of the molecule is C#Cc1ccc(O)c(C(=O)Nc2cc(C(F)(F)F)cc(C(F)(F)F)c2)c1. The van der Waals surface area contributed by atoms with Crippen LogP contribution in [0.1, 0.15) is 27.0 Å². The van der Waals surface area contributed by atoms with Gasteiger partial charge in [-0.25, -0.2) is 0 Å². The fraction of sp³-hybridized carbons (Fsp3) is 0.118. The number of alkyl halides is 6. The highest BCUT2D eigenvalue weighted by Crippen LogP contribution is 2.37. The highest BCUT2D eigenvalue weighted by molar-refractivity contribution is 6.06. The molecule has 0 aliphatic heterocycles. The monoisotopic (exact) mass is 373 g/mol. The third kappa shape index (κ3) is 4.27. The van der Waals surface area contributed by atoms with Gasteiger partial charge in [0.2, 0.25) is 0 Å². The molecule has 136 valence electrons. The largest absolute Gasteiger partial charge is 0.507 e. The first kappa shape index (κ1) is 19.2. The van der Waals surface area contributed by atoms with Crippen molar-refractivity contribution < 1.29 is 36.2 Å². The molecule has 0 radical (unpaired) electrons. The van der Waals surface area contributed by atoms with Gasteiger partial charge in [0.15, 0.2) is 0 Å². The van der Waals surface area contributed by atoms with Crippen LogP contribution in [0.3, 0.4) is 0 Å². The Morgan fingerprint density at radius 3 is 1.96 bits per heavy atom. The van der Waals surface area contributed by atoms with Crippen molar-refractivity contribution in [1.82, 2.24) is 0 Å². The molecule has 1 amide bonds. The van der Waals surface area contributed by atoms with E-state index in [4.69, 9.17) is 6.42 Å². The van der Waals surface area contributed by atoms with Gasteiger partial charge in [-0.05, 0) is 36.4 Å². The molecule has 0 fully saturated rings. The maximum atomic E-state index is 12.8. The van der Waals surface area contributed by atoms with Crippen molar-refractivity contribution in [2.75, 3.05) is 5.32 Å². The lowest BCUT2D eigenvalue weighted by atomic mass is 10.1. The van der Waals surface area contributed by atoms with Gasteiger partial charge in [0.1, 0.15) is 5.75 Å². The van der Waals surface area contributed by atoms with Crippen LogP contribution >= 0.6 is 0 Å². The molecule has 0 unspecified atom stereocenters. The van der Waals surface area contributed by atoms with Crippen molar-refractivity contribution in [3.63, 3.8) is 0 Å². The molecule has 0 saturated carbocycles. The van der Waals surface area contributed by atoms with Crippen LogP contribution in [0.4, 0.5) is 32.0 Å². The minimum Gasteiger partial charge on any atom is -0.507 e. The van der Waals surface area contributed by atoms with Crippen molar-refractivity contribution in [3.8, 4) is 18.1 Å². The maximum absolute atomic E-state index is 12.8. The van der Waals surface area contributed by atoms with E-state index in [1.807, 2.05) is 5.32 Å². The Morgan fingerprint density at radius 2 is 1.50 bits per heavy atom. The Kier molecular flexibility index (Phi) is 4.89. The Labute approximate surface area is 143 Å². The predicted octanol–water partition coefficient (Wildman–Crippen LogP) is 4.66. The first-order chi connectivity index (χ1) is 11.9. The zero-order valence-electron chi connectivity index (χ0n) is 12.7. The van der Waals surface area contributed by atoms with Crippen molar-refractivity contribution in [2.45, 2.75) is 12.4 Å². The van der Waals surface area contributed by atoms with E-state index < -0.39 is 46.4 Å². The molecule has 2 aromatic rings. The molecule has 0 atom stereocenters. The summed E-state index contributed by atoms with van der Waals surface area (Å²) in [5.41, 5.74) is -4.10. The standard InChI is InChI=1S/C17H9F6NO2/c1-2-9-3-4-14(25)13(5-9)15(26)24-12-7-10(16(18,19)20)6-11(8-12)17(21,22)23/h1,3-8,25H,(H,24,26). The number of phenolic OH excluding ortho intramolecular Hbond substituents is 1. The normalized spacial score (nSPS) is 11.7. The van der Waals surface area contributed by atoms with E-state index in [0.29, 0.717) is 12.1 Å². The number of hydrogen-bond acceptors (Lipinski definition) is 2. The third-order valence-electron chi connectivity index (χ3n) is 3.25. The smallest absolute Gasteiger partial charge is 0.416 e. The van der Waals surface area contributed by atoms with Crippen LogP contribution in [-0.4, -0.2) is 11.0 Å². The van der Waals surface area contributed by atoms with Gasteiger partial charge in [-0.1, -0.05) is 5.92 Å². The summed E-state index contributed by atoms with van der Waals surface area (Å²) in [7, 11) is 0. The first-order valence-corrected chi connectivity index (χ1v) is 6.82. The summed E-state index contributed by atoms with van der Waals surface area (Å²) in [6, 6.07) is 4.11. The van der Waals surface area contributed by atoms with E-state index in [0.717, 1.165) is 12.1 Å². The number of carbonyl (C=O) groups excluding carboxylic acids is 1. The van der Waals surface area contributed by atoms with Gasteiger partial charge in [0, 0.05) is 11.3 Å². The van der Waals surface area contributed by atoms with E-state index >= 15 is 0 Å². The first-order valence-electron chi connectivity index (χ1n) is 6.82. The quantitative estimate of drug-likeness (QED) is 0.594. The van der Waals surface area contributed by atoms with E-state index in [9.17, 15) is 36.2 Å². The minimum absolute atomic E-state index is 0.0634. The lowest BCUT2D eigenvalue weighted by molar-refractivity contribution is -0.143. The van der Waals surface area contributed by atoms with Gasteiger partial charge < -0.3 is 10.4 Å². The number of phenols is 1. The number of rotatable bonds is 2. The number of aromatic hydroxyl groups is 1. The number of benzene rings is 2. The van der Waals surface area contributed by atoms with Crippen molar-refractivity contribution in [1.29, 1.82) is 0 Å². The second-order valence-corrected chi connectivity index (χ2v) is 5.12. The molecule has 0 bridgehead atoms. The van der Waals surface area contributed by atoms with Gasteiger partial charge in [-0.3, -0.25) is 4.79 Å². The molecule has 0 aliphatic rings. The van der Waals surface area contributed by atoms with Crippen LogP contribution in [0.5, 0.6) is 5.75 Å². The number of anilines is 1. The highest BCUT2D eigenvalue weighted by atomic mass is 19.4. The van der Waals surface area contributed by atoms with E-state index in [1.54, 1.807) is 0 Å². The van der Waals surface area contributed by atoms with Gasteiger partial charge in [0.25, 0.3) is 5.91 Å². The molecule has 0 heterocycles. The molecule has 2 rings (SSSR count). The van der Waals surface area contributed by atoms with Crippen LogP contribution in [-0.2, 0) is 12.4 Å². The Balaban J connectivity index is 2.46. The van der Waals surface area contributed by atoms with E-state index in [-0.39, 0.29) is 11.6 Å². The molecule has 3 nitrogen and oxygen atoms in total. The number of amides is 1.